The number of pyridine rings is 1. The van der Waals surface area contributed by atoms with Gasteiger partial charge in [0, 0.05) is 65.5 Å². The lowest BCUT2D eigenvalue weighted by molar-refractivity contribution is -0.605. The van der Waals surface area contributed by atoms with Crippen molar-refractivity contribution < 1.29 is 17.9 Å². The Morgan fingerprint density at radius 3 is 2.56 bits per heavy atom. The van der Waals surface area contributed by atoms with Crippen LogP contribution in [-0.2, 0) is 10.0 Å². The Hall–Kier alpha value is -3.12. The van der Waals surface area contributed by atoms with Crippen LogP contribution in [0.3, 0.4) is 0 Å². The number of carbonyl (C=O) groups is 1. The number of amides is 1. The van der Waals surface area contributed by atoms with E-state index in [4.69, 9.17) is 11.6 Å². The minimum Gasteiger partial charge on any atom is -0.619 e. The molecule has 1 aliphatic heterocycles. The summed E-state index contributed by atoms with van der Waals surface area (Å²) in [6, 6.07) is 9.95. The lowest BCUT2D eigenvalue weighted by atomic mass is 10.1. The number of nitrogens with zero attached hydrogens (tertiary/aromatic N) is 5. The summed E-state index contributed by atoms with van der Waals surface area (Å²) < 4.78 is 30.0. The van der Waals surface area contributed by atoms with E-state index in [1.54, 1.807) is 47.6 Å². The third-order valence-electron chi connectivity index (χ3n) is 6.21. The molecule has 0 bridgehead atoms. The van der Waals surface area contributed by atoms with Gasteiger partial charge in [-0.25, -0.2) is 18.4 Å². The minimum absolute atomic E-state index is 0.0460. The molecule has 12 heteroatoms. The lowest BCUT2D eigenvalue weighted by Crippen LogP contribution is -2.56. The molecule has 1 aromatic carbocycles. The summed E-state index contributed by atoms with van der Waals surface area (Å²) >= 11 is 7.25. The first kappa shape index (κ1) is 24.6. The first-order chi connectivity index (χ1) is 17.3. The van der Waals surface area contributed by atoms with Gasteiger partial charge in [0.2, 0.25) is 5.82 Å². The highest BCUT2D eigenvalue weighted by atomic mass is 35.5. The van der Waals surface area contributed by atoms with Crippen molar-refractivity contribution in [3.05, 3.63) is 77.2 Å². The van der Waals surface area contributed by atoms with E-state index in [1.807, 2.05) is 13.0 Å². The largest absolute Gasteiger partial charge is 0.619 e. The fourth-order valence-electron chi connectivity index (χ4n) is 4.22. The van der Waals surface area contributed by atoms with Gasteiger partial charge in [-0.1, -0.05) is 24.6 Å². The molecular weight excluding hydrogens is 522 g/mol. The summed E-state index contributed by atoms with van der Waals surface area (Å²) in [6.07, 6.45) is 6.42. The first-order valence-corrected chi connectivity index (χ1v) is 13.9. The van der Waals surface area contributed by atoms with Crippen molar-refractivity contribution in [1.29, 1.82) is 0 Å². The van der Waals surface area contributed by atoms with Crippen LogP contribution in [0.2, 0.25) is 5.02 Å². The van der Waals surface area contributed by atoms with Crippen molar-refractivity contribution >= 4 is 49.0 Å². The van der Waals surface area contributed by atoms with Crippen molar-refractivity contribution in [3.63, 3.8) is 0 Å². The van der Waals surface area contributed by atoms with Crippen molar-refractivity contribution in [2.45, 2.75) is 23.6 Å². The van der Waals surface area contributed by atoms with Gasteiger partial charge in [-0.15, -0.1) is 11.3 Å². The molecule has 4 aromatic rings. The minimum atomic E-state index is -3.72. The quantitative estimate of drug-likeness (QED) is 0.281. The average molecular weight is 544 g/mol. The van der Waals surface area contributed by atoms with Crippen LogP contribution >= 0.6 is 22.9 Å². The molecule has 1 aliphatic rings. The summed E-state index contributed by atoms with van der Waals surface area (Å²) in [6.45, 7) is 2.53. The Balaban J connectivity index is 1.32. The average Bonchev–Trinajstić information content (AvgIpc) is 3.32. The SMILES string of the molecule is CCC1CN(S(=O)(=O)c2cc3ccc(Cl)cc3s2)CCN1C(=O)c1ncc(-c2cc[n+]([O-])cc2)cn1. The Bertz CT molecular complexity index is 1520. The van der Waals surface area contributed by atoms with Crippen LogP contribution in [0.15, 0.2) is 65.4 Å². The Morgan fingerprint density at radius 1 is 1.14 bits per heavy atom. The van der Waals surface area contributed by atoms with Crippen LogP contribution in [0.25, 0.3) is 21.2 Å². The fourth-order valence-corrected chi connectivity index (χ4v) is 7.52. The fraction of sp³-hybridized carbons (Fsp3) is 0.250. The molecule has 36 heavy (non-hydrogen) atoms. The molecule has 0 saturated carbocycles. The first-order valence-electron chi connectivity index (χ1n) is 11.3. The third kappa shape index (κ3) is 4.66. The predicted molar refractivity (Wildman–Crippen MR) is 137 cm³/mol. The monoisotopic (exact) mass is 543 g/mol. The molecule has 3 aromatic heterocycles. The number of piperazine rings is 1. The molecule has 1 atom stereocenters. The zero-order valence-corrected chi connectivity index (χ0v) is 21.6. The summed E-state index contributed by atoms with van der Waals surface area (Å²) in [4.78, 5) is 23.3. The van der Waals surface area contributed by atoms with Gasteiger partial charge in [-0.3, -0.25) is 4.79 Å². The van der Waals surface area contributed by atoms with Crippen molar-refractivity contribution in [2.24, 2.45) is 0 Å². The van der Waals surface area contributed by atoms with Gasteiger partial charge in [0.05, 0.1) is 0 Å². The van der Waals surface area contributed by atoms with E-state index < -0.39 is 10.0 Å². The molecule has 1 amide bonds. The molecule has 0 aliphatic carbocycles. The van der Waals surface area contributed by atoms with Gasteiger partial charge in [0.15, 0.2) is 12.4 Å². The number of sulfonamides is 1. The van der Waals surface area contributed by atoms with Gasteiger partial charge in [-0.2, -0.15) is 9.04 Å². The smallest absolute Gasteiger partial charge is 0.291 e. The van der Waals surface area contributed by atoms with Crippen LogP contribution < -0.4 is 4.73 Å². The highest BCUT2D eigenvalue weighted by Gasteiger charge is 2.37. The number of fused-ring (bicyclic) bond motifs is 1. The molecule has 1 fully saturated rings. The maximum Gasteiger partial charge on any atom is 0.291 e. The van der Waals surface area contributed by atoms with Crippen LogP contribution in [0, 0.1) is 5.21 Å². The molecule has 1 saturated heterocycles. The van der Waals surface area contributed by atoms with E-state index >= 15 is 0 Å². The highest BCUT2D eigenvalue weighted by molar-refractivity contribution is 7.91. The molecule has 4 heterocycles. The number of aromatic nitrogens is 3. The summed E-state index contributed by atoms with van der Waals surface area (Å²) in [5, 5.41) is 12.6. The normalized spacial score (nSPS) is 16.9. The lowest BCUT2D eigenvalue weighted by Gasteiger charge is -2.39. The zero-order valence-electron chi connectivity index (χ0n) is 19.2. The number of carbonyl (C=O) groups excluding carboxylic acids is 1. The second-order valence-corrected chi connectivity index (χ2v) is 12.1. The van der Waals surface area contributed by atoms with Crippen LogP contribution in [0.4, 0.5) is 0 Å². The molecule has 0 spiro atoms. The van der Waals surface area contributed by atoms with Gasteiger partial charge in [0.1, 0.15) is 4.21 Å². The van der Waals surface area contributed by atoms with Crippen molar-refractivity contribution in [1.82, 2.24) is 19.2 Å². The predicted octanol–water partition coefficient (Wildman–Crippen LogP) is 3.57. The molecule has 5 rings (SSSR count). The molecule has 9 nitrogen and oxygen atoms in total. The number of hydrogen-bond donors (Lipinski definition) is 0. The van der Waals surface area contributed by atoms with Gasteiger partial charge < -0.3 is 10.1 Å². The number of halogens is 1. The van der Waals surface area contributed by atoms with Crippen LogP contribution in [0.1, 0.15) is 24.0 Å². The summed E-state index contributed by atoms with van der Waals surface area (Å²) in [5.41, 5.74) is 1.44. The van der Waals surface area contributed by atoms with E-state index in [2.05, 4.69) is 9.97 Å². The topological polar surface area (TPSA) is 110 Å². The summed E-state index contributed by atoms with van der Waals surface area (Å²) in [5.74, 6) is -0.294. The van der Waals surface area contributed by atoms with Gasteiger partial charge in [0.25, 0.3) is 15.9 Å². The number of benzene rings is 1. The van der Waals surface area contributed by atoms with Gasteiger partial charge in [-0.05, 0) is 35.6 Å². The van der Waals surface area contributed by atoms with E-state index in [0.717, 1.165) is 15.6 Å². The Kier molecular flexibility index (Phi) is 6.64. The Labute approximate surface area is 217 Å². The van der Waals surface area contributed by atoms with E-state index in [9.17, 15) is 18.4 Å². The maximum absolute atomic E-state index is 13.4. The maximum atomic E-state index is 13.4. The van der Waals surface area contributed by atoms with E-state index in [-0.39, 0.29) is 41.6 Å². The van der Waals surface area contributed by atoms with Gasteiger partial charge >= 0.3 is 0 Å². The highest BCUT2D eigenvalue weighted by Crippen LogP contribution is 2.33. The number of hydrogen-bond acceptors (Lipinski definition) is 7. The second-order valence-electron chi connectivity index (χ2n) is 8.41. The van der Waals surface area contributed by atoms with E-state index in [1.165, 1.54) is 28.0 Å². The summed E-state index contributed by atoms with van der Waals surface area (Å²) in [7, 11) is -3.72. The molecule has 0 N–H and O–H groups in total. The van der Waals surface area contributed by atoms with E-state index in [0.29, 0.717) is 21.7 Å². The van der Waals surface area contributed by atoms with Crippen molar-refractivity contribution in [3.8, 4) is 11.1 Å². The third-order valence-corrected chi connectivity index (χ3v) is 9.86. The molecule has 186 valence electrons. The molecule has 1 unspecified atom stereocenters. The molecule has 0 radical (unpaired) electrons. The van der Waals surface area contributed by atoms with Crippen LogP contribution in [0.5, 0.6) is 0 Å². The molecular formula is C24H22ClN5O4S2. The standard InChI is InChI=1S/C24H22ClN5O4S2/c1-2-20-15-29(36(33,34)22-11-17-3-4-19(25)12-21(17)35-22)9-10-30(20)24(31)23-26-13-18(14-27-23)16-5-7-28(32)8-6-16/h3-8,11-14,20H,2,9-10,15H2,1H3. The Morgan fingerprint density at radius 2 is 1.86 bits per heavy atom. The number of thiophene rings is 1. The van der Waals surface area contributed by atoms with Crippen molar-refractivity contribution in [2.75, 3.05) is 19.6 Å². The second kappa shape index (κ2) is 9.74. The zero-order chi connectivity index (χ0) is 25.4. The number of rotatable bonds is 5. The van der Waals surface area contributed by atoms with Crippen LogP contribution in [-0.4, -0.2) is 59.2 Å².